The first kappa shape index (κ1) is 11.1. The van der Waals surface area contributed by atoms with Crippen LogP contribution in [-0.2, 0) is 12.6 Å². The van der Waals surface area contributed by atoms with E-state index < -0.39 is 23.1 Å². The van der Waals surface area contributed by atoms with Crippen LogP contribution in [0.1, 0.15) is 25.0 Å². The lowest BCUT2D eigenvalue weighted by atomic mass is 10.00. The first-order chi connectivity index (χ1) is 7.19. The first-order valence-corrected chi connectivity index (χ1v) is 4.81. The van der Waals surface area contributed by atoms with Crippen LogP contribution in [0.25, 0.3) is 0 Å². The Morgan fingerprint density at radius 1 is 1.31 bits per heavy atom. The molecule has 5 heteroatoms. The Balaban J connectivity index is 2.50. The summed E-state index contributed by atoms with van der Waals surface area (Å²) in [4.78, 5) is 0. The molecule has 1 aliphatic heterocycles. The van der Waals surface area contributed by atoms with Crippen molar-refractivity contribution in [2.75, 3.05) is 0 Å². The van der Waals surface area contributed by atoms with Gasteiger partial charge in [-0.3, -0.25) is 0 Å². The summed E-state index contributed by atoms with van der Waals surface area (Å²) in [6.07, 6.45) is -4.08. The van der Waals surface area contributed by atoms with Crippen LogP contribution in [0.2, 0.25) is 0 Å². The molecule has 16 heavy (non-hydrogen) atoms. The molecule has 1 aromatic carbocycles. The molecule has 0 saturated carbocycles. The highest BCUT2D eigenvalue weighted by Gasteiger charge is 2.37. The second-order valence-electron chi connectivity index (χ2n) is 4.52. The highest BCUT2D eigenvalue weighted by atomic mass is 19.4. The lowest BCUT2D eigenvalue weighted by Crippen LogP contribution is -2.24. The second kappa shape index (κ2) is 3.06. The minimum atomic E-state index is -4.45. The quantitative estimate of drug-likeness (QED) is 0.744. The number of benzene rings is 1. The largest absolute Gasteiger partial charge is 0.504 e. The zero-order valence-electron chi connectivity index (χ0n) is 8.85. The maximum Gasteiger partial charge on any atom is 0.416 e. The summed E-state index contributed by atoms with van der Waals surface area (Å²) in [5.74, 6) is -0.284. The zero-order valence-corrected chi connectivity index (χ0v) is 8.85. The van der Waals surface area contributed by atoms with Gasteiger partial charge in [-0.2, -0.15) is 13.2 Å². The van der Waals surface area contributed by atoms with Gasteiger partial charge >= 0.3 is 6.18 Å². The van der Waals surface area contributed by atoms with E-state index in [1.807, 2.05) is 0 Å². The molecule has 0 bridgehead atoms. The van der Waals surface area contributed by atoms with E-state index in [-0.39, 0.29) is 5.75 Å². The summed E-state index contributed by atoms with van der Waals surface area (Å²) in [5, 5.41) is 9.48. The molecule has 88 valence electrons. The molecular formula is C11H11F3O2. The van der Waals surface area contributed by atoms with Crippen LogP contribution in [0.3, 0.4) is 0 Å². The van der Waals surface area contributed by atoms with E-state index in [0.29, 0.717) is 18.1 Å². The average molecular weight is 232 g/mol. The van der Waals surface area contributed by atoms with E-state index in [2.05, 4.69) is 0 Å². The third kappa shape index (κ3) is 1.81. The highest BCUT2D eigenvalue weighted by molar-refractivity contribution is 5.52. The summed E-state index contributed by atoms with van der Waals surface area (Å²) < 4.78 is 42.8. The van der Waals surface area contributed by atoms with Crippen molar-refractivity contribution in [2.45, 2.75) is 32.0 Å². The third-order valence-electron chi connectivity index (χ3n) is 2.47. The van der Waals surface area contributed by atoms with Crippen LogP contribution in [0.4, 0.5) is 13.2 Å². The summed E-state index contributed by atoms with van der Waals surface area (Å²) in [6.45, 7) is 3.53. The molecule has 0 aliphatic carbocycles. The van der Waals surface area contributed by atoms with Gasteiger partial charge in [0.05, 0.1) is 5.56 Å². The number of phenols is 1. The standard InChI is InChI=1S/C11H11F3O2/c1-10(2)5-6-3-7(11(12,13)14)4-8(15)9(6)16-10/h3-4,15H,5H2,1-2H3. The minimum Gasteiger partial charge on any atom is -0.504 e. The summed E-state index contributed by atoms with van der Waals surface area (Å²) >= 11 is 0. The van der Waals surface area contributed by atoms with Crippen LogP contribution >= 0.6 is 0 Å². The molecule has 0 spiro atoms. The van der Waals surface area contributed by atoms with E-state index in [0.717, 1.165) is 6.07 Å². The van der Waals surface area contributed by atoms with Crippen molar-refractivity contribution in [3.8, 4) is 11.5 Å². The fraction of sp³-hybridized carbons (Fsp3) is 0.455. The van der Waals surface area contributed by atoms with E-state index in [1.165, 1.54) is 0 Å². The number of aromatic hydroxyl groups is 1. The van der Waals surface area contributed by atoms with Crippen LogP contribution in [0, 0.1) is 0 Å². The third-order valence-corrected chi connectivity index (χ3v) is 2.47. The molecule has 2 rings (SSSR count). The molecule has 2 nitrogen and oxygen atoms in total. The van der Waals surface area contributed by atoms with Crippen LogP contribution in [-0.4, -0.2) is 10.7 Å². The van der Waals surface area contributed by atoms with Crippen molar-refractivity contribution in [3.63, 3.8) is 0 Å². The Hall–Kier alpha value is -1.39. The Kier molecular flexibility index (Phi) is 2.12. The number of rotatable bonds is 0. The van der Waals surface area contributed by atoms with E-state index in [4.69, 9.17) is 4.74 Å². The molecule has 0 radical (unpaired) electrons. The van der Waals surface area contributed by atoms with Crippen molar-refractivity contribution >= 4 is 0 Å². The summed E-state index contributed by atoms with van der Waals surface area (Å²) in [6, 6.07) is 1.73. The first-order valence-electron chi connectivity index (χ1n) is 4.81. The number of halogens is 3. The molecule has 0 fully saturated rings. The summed E-state index contributed by atoms with van der Waals surface area (Å²) in [5.41, 5.74) is -1.01. The normalized spacial score (nSPS) is 18.1. The highest BCUT2D eigenvalue weighted by Crippen LogP contribution is 2.44. The molecule has 1 aromatic rings. The molecule has 0 saturated heterocycles. The number of ether oxygens (including phenoxy) is 1. The van der Waals surface area contributed by atoms with Gasteiger partial charge in [-0.25, -0.2) is 0 Å². The fourth-order valence-electron chi connectivity index (χ4n) is 1.86. The molecular weight excluding hydrogens is 221 g/mol. The van der Waals surface area contributed by atoms with Gasteiger partial charge in [0.15, 0.2) is 11.5 Å². The van der Waals surface area contributed by atoms with Gasteiger partial charge in [0.25, 0.3) is 0 Å². The number of hydrogen-bond donors (Lipinski definition) is 1. The Morgan fingerprint density at radius 3 is 2.50 bits per heavy atom. The van der Waals surface area contributed by atoms with Gasteiger partial charge in [0.1, 0.15) is 5.60 Å². The van der Waals surface area contributed by atoms with Crippen molar-refractivity contribution in [1.29, 1.82) is 0 Å². The van der Waals surface area contributed by atoms with Crippen LogP contribution in [0.15, 0.2) is 12.1 Å². The van der Waals surface area contributed by atoms with E-state index >= 15 is 0 Å². The Bertz CT molecular complexity index is 436. The van der Waals surface area contributed by atoms with Gasteiger partial charge in [0, 0.05) is 12.0 Å². The number of fused-ring (bicyclic) bond motifs is 1. The zero-order chi connectivity index (χ0) is 12.1. The molecule has 1 N–H and O–H groups in total. The molecule has 1 heterocycles. The number of alkyl halides is 3. The Morgan fingerprint density at radius 2 is 1.94 bits per heavy atom. The summed E-state index contributed by atoms with van der Waals surface area (Å²) in [7, 11) is 0. The monoisotopic (exact) mass is 232 g/mol. The predicted octanol–water partition coefficient (Wildman–Crippen LogP) is 3.12. The number of hydrogen-bond acceptors (Lipinski definition) is 2. The van der Waals surface area contributed by atoms with Crippen LogP contribution in [0.5, 0.6) is 11.5 Å². The molecule has 0 amide bonds. The van der Waals surface area contributed by atoms with Gasteiger partial charge in [-0.05, 0) is 26.0 Å². The number of phenolic OH excluding ortho intramolecular Hbond substituents is 1. The van der Waals surface area contributed by atoms with Crippen molar-refractivity contribution < 1.29 is 23.0 Å². The van der Waals surface area contributed by atoms with Crippen molar-refractivity contribution in [2.24, 2.45) is 0 Å². The SMILES string of the molecule is CC1(C)Cc2cc(C(F)(F)F)cc(O)c2O1. The predicted molar refractivity (Wildman–Crippen MR) is 51.5 cm³/mol. The van der Waals surface area contributed by atoms with E-state index in [9.17, 15) is 18.3 Å². The Labute approximate surface area is 90.7 Å². The van der Waals surface area contributed by atoms with Gasteiger partial charge in [0.2, 0.25) is 0 Å². The lowest BCUT2D eigenvalue weighted by Gasteiger charge is -2.17. The maximum absolute atomic E-state index is 12.5. The smallest absolute Gasteiger partial charge is 0.416 e. The minimum absolute atomic E-state index is 0.165. The molecule has 0 aromatic heterocycles. The van der Waals surface area contributed by atoms with Crippen LogP contribution < -0.4 is 4.74 Å². The maximum atomic E-state index is 12.5. The second-order valence-corrected chi connectivity index (χ2v) is 4.52. The van der Waals surface area contributed by atoms with Crippen molar-refractivity contribution in [1.82, 2.24) is 0 Å². The van der Waals surface area contributed by atoms with Crippen molar-refractivity contribution in [3.05, 3.63) is 23.3 Å². The topological polar surface area (TPSA) is 29.5 Å². The van der Waals surface area contributed by atoms with Gasteiger partial charge in [-0.15, -0.1) is 0 Å². The van der Waals surface area contributed by atoms with Gasteiger partial charge < -0.3 is 9.84 Å². The molecule has 0 atom stereocenters. The van der Waals surface area contributed by atoms with Gasteiger partial charge in [-0.1, -0.05) is 0 Å². The fourth-order valence-corrected chi connectivity index (χ4v) is 1.86. The lowest BCUT2D eigenvalue weighted by molar-refractivity contribution is -0.137. The molecule has 1 aliphatic rings. The molecule has 0 unspecified atom stereocenters. The van der Waals surface area contributed by atoms with E-state index in [1.54, 1.807) is 13.8 Å². The average Bonchev–Trinajstić information content (AvgIpc) is 2.38.